The molecule has 0 unspecified atom stereocenters. The molecule has 0 spiro atoms. The average molecular weight is 374 g/mol. The van der Waals surface area contributed by atoms with Gasteiger partial charge in [0.15, 0.2) is 0 Å². The summed E-state index contributed by atoms with van der Waals surface area (Å²) in [4.78, 5) is 21.1. The number of aromatic nitrogens is 2. The van der Waals surface area contributed by atoms with Crippen LogP contribution in [0.25, 0.3) is 0 Å². The first-order valence-electron chi connectivity index (χ1n) is 9.36. The van der Waals surface area contributed by atoms with Gasteiger partial charge >= 0.3 is 0 Å². The first kappa shape index (κ1) is 20.6. The standard InChI is InChI=1S/C18H21FN4O2.C2H6/c1-25-15-8-7-11(19)9-13(15)16(24)14-10-21-18(23-17(14)20)22-12-5-3-2-4-6-12;1-2/h7-10,12H,2-6H2,1H3,(H3,20,21,22,23);1-2H3. The maximum atomic E-state index is 13.5. The number of nitrogens with zero attached hydrogens (tertiary/aromatic N) is 2. The number of anilines is 2. The van der Waals surface area contributed by atoms with Gasteiger partial charge in [-0.25, -0.2) is 9.37 Å². The number of halogens is 1. The zero-order valence-corrected chi connectivity index (χ0v) is 16.1. The molecule has 3 N–H and O–H groups in total. The summed E-state index contributed by atoms with van der Waals surface area (Å²) in [5, 5.41) is 3.26. The average Bonchev–Trinajstić information content (AvgIpc) is 2.70. The zero-order chi connectivity index (χ0) is 19.8. The van der Waals surface area contributed by atoms with Crippen LogP contribution in [0.5, 0.6) is 5.75 Å². The molecule has 2 aromatic rings. The summed E-state index contributed by atoms with van der Waals surface area (Å²) in [7, 11) is 1.42. The van der Waals surface area contributed by atoms with Gasteiger partial charge in [0, 0.05) is 12.2 Å². The van der Waals surface area contributed by atoms with Crippen LogP contribution < -0.4 is 15.8 Å². The van der Waals surface area contributed by atoms with Gasteiger partial charge < -0.3 is 15.8 Å². The lowest BCUT2D eigenvalue weighted by Gasteiger charge is -2.22. The van der Waals surface area contributed by atoms with Crippen molar-refractivity contribution in [3.8, 4) is 5.75 Å². The van der Waals surface area contributed by atoms with Crippen molar-refractivity contribution < 1.29 is 13.9 Å². The van der Waals surface area contributed by atoms with Gasteiger partial charge in [0.2, 0.25) is 11.7 Å². The zero-order valence-electron chi connectivity index (χ0n) is 16.1. The molecule has 1 aliphatic carbocycles. The van der Waals surface area contributed by atoms with Gasteiger partial charge in [-0.15, -0.1) is 0 Å². The summed E-state index contributed by atoms with van der Waals surface area (Å²) in [5.74, 6) is -0.260. The number of nitrogens with one attached hydrogen (secondary N) is 1. The molecule has 146 valence electrons. The molecule has 0 bridgehead atoms. The van der Waals surface area contributed by atoms with Crippen molar-refractivity contribution in [3.63, 3.8) is 0 Å². The van der Waals surface area contributed by atoms with E-state index in [0.717, 1.165) is 18.9 Å². The molecule has 0 amide bonds. The van der Waals surface area contributed by atoms with E-state index in [2.05, 4.69) is 15.3 Å². The van der Waals surface area contributed by atoms with Crippen molar-refractivity contribution in [2.75, 3.05) is 18.2 Å². The van der Waals surface area contributed by atoms with Crippen molar-refractivity contribution >= 4 is 17.5 Å². The number of methoxy groups -OCH3 is 1. The second-order valence-electron chi connectivity index (χ2n) is 6.15. The number of rotatable bonds is 5. The summed E-state index contributed by atoms with van der Waals surface area (Å²) >= 11 is 0. The third-order valence-corrected chi connectivity index (χ3v) is 4.41. The number of hydrogen-bond acceptors (Lipinski definition) is 6. The van der Waals surface area contributed by atoms with Gasteiger partial charge in [-0.1, -0.05) is 33.1 Å². The number of carbonyl (C=O) groups excluding carboxylic acids is 1. The predicted octanol–water partition coefficient (Wildman–Crippen LogP) is 4.21. The largest absolute Gasteiger partial charge is 0.496 e. The molecule has 7 heteroatoms. The molecular weight excluding hydrogens is 347 g/mol. The second kappa shape index (κ2) is 9.85. The summed E-state index contributed by atoms with van der Waals surface area (Å²) in [5.41, 5.74) is 6.16. The van der Waals surface area contributed by atoms with E-state index in [0.29, 0.717) is 12.0 Å². The first-order valence-corrected chi connectivity index (χ1v) is 9.36. The van der Waals surface area contributed by atoms with Crippen molar-refractivity contribution in [3.05, 3.63) is 41.3 Å². The molecule has 1 heterocycles. The van der Waals surface area contributed by atoms with Crippen molar-refractivity contribution in [2.24, 2.45) is 0 Å². The SMILES string of the molecule is CC.COc1ccc(F)cc1C(=O)c1cnc(NC2CCCCC2)nc1N. The number of carbonyl (C=O) groups is 1. The van der Waals surface area contributed by atoms with E-state index in [4.69, 9.17) is 10.5 Å². The number of ether oxygens (including phenoxy) is 1. The van der Waals surface area contributed by atoms with Crippen LogP contribution >= 0.6 is 0 Å². The lowest BCUT2D eigenvalue weighted by atomic mass is 9.96. The van der Waals surface area contributed by atoms with E-state index in [1.807, 2.05) is 13.8 Å². The topological polar surface area (TPSA) is 90.1 Å². The number of nitrogens with two attached hydrogens (primary N) is 1. The van der Waals surface area contributed by atoms with Crippen LogP contribution in [0.3, 0.4) is 0 Å². The third kappa shape index (κ3) is 5.15. The minimum Gasteiger partial charge on any atom is -0.496 e. The van der Waals surface area contributed by atoms with E-state index in [-0.39, 0.29) is 22.7 Å². The Bertz CT molecular complexity index is 777. The monoisotopic (exact) mass is 374 g/mol. The smallest absolute Gasteiger partial charge is 0.224 e. The lowest BCUT2D eigenvalue weighted by molar-refractivity contribution is 0.103. The van der Waals surface area contributed by atoms with Gasteiger partial charge in [0.05, 0.1) is 18.2 Å². The predicted molar refractivity (Wildman–Crippen MR) is 105 cm³/mol. The summed E-state index contributed by atoms with van der Waals surface area (Å²) < 4.78 is 18.6. The Balaban J connectivity index is 0.00000126. The number of nitrogen functional groups attached to an aromatic ring is 1. The normalized spacial score (nSPS) is 14.1. The minimum absolute atomic E-state index is 0.0598. The third-order valence-electron chi connectivity index (χ3n) is 4.41. The van der Waals surface area contributed by atoms with Gasteiger partial charge in [-0.05, 0) is 31.0 Å². The molecule has 27 heavy (non-hydrogen) atoms. The molecule has 1 aromatic heterocycles. The Labute approximate surface area is 159 Å². The first-order chi connectivity index (χ1) is 13.1. The highest BCUT2D eigenvalue weighted by Crippen LogP contribution is 2.25. The molecule has 0 aliphatic heterocycles. The highest BCUT2D eigenvalue weighted by atomic mass is 19.1. The molecule has 0 saturated heterocycles. The molecule has 3 rings (SSSR count). The molecule has 1 aromatic carbocycles. The summed E-state index contributed by atoms with van der Waals surface area (Å²) in [6.07, 6.45) is 7.14. The fourth-order valence-corrected chi connectivity index (χ4v) is 3.07. The molecule has 1 fully saturated rings. The van der Waals surface area contributed by atoms with Gasteiger partial charge in [-0.2, -0.15) is 4.98 Å². The van der Waals surface area contributed by atoms with E-state index in [1.54, 1.807) is 0 Å². The van der Waals surface area contributed by atoms with Crippen molar-refractivity contribution in [1.82, 2.24) is 9.97 Å². The number of hydrogen-bond donors (Lipinski definition) is 2. The van der Waals surface area contributed by atoms with E-state index < -0.39 is 11.6 Å². The van der Waals surface area contributed by atoms with Gasteiger partial charge in [-0.3, -0.25) is 4.79 Å². The molecule has 1 aliphatic rings. The fraction of sp³-hybridized carbons (Fsp3) is 0.450. The van der Waals surface area contributed by atoms with E-state index >= 15 is 0 Å². The summed E-state index contributed by atoms with van der Waals surface area (Å²) in [6, 6.07) is 4.08. The van der Waals surface area contributed by atoms with Crippen LogP contribution in [0.1, 0.15) is 61.9 Å². The highest BCUT2D eigenvalue weighted by Gasteiger charge is 2.20. The Morgan fingerprint density at radius 1 is 1.22 bits per heavy atom. The van der Waals surface area contributed by atoms with Crippen LogP contribution in [0, 0.1) is 5.82 Å². The van der Waals surface area contributed by atoms with Crippen LogP contribution in [0.15, 0.2) is 24.4 Å². The maximum absolute atomic E-state index is 13.5. The van der Waals surface area contributed by atoms with Gasteiger partial charge in [0.25, 0.3) is 0 Å². The van der Waals surface area contributed by atoms with Crippen LogP contribution in [0.2, 0.25) is 0 Å². The number of benzene rings is 1. The highest BCUT2D eigenvalue weighted by molar-refractivity contribution is 6.13. The van der Waals surface area contributed by atoms with Gasteiger partial charge in [0.1, 0.15) is 17.4 Å². The fourth-order valence-electron chi connectivity index (χ4n) is 3.07. The van der Waals surface area contributed by atoms with Crippen LogP contribution in [0.4, 0.5) is 16.2 Å². The quantitative estimate of drug-likeness (QED) is 0.762. The maximum Gasteiger partial charge on any atom is 0.224 e. The minimum atomic E-state index is -0.528. The summed E-state index contributed by atoms with van der Waals surface area (Å²) in [6.45, 7) is 4.00. The molecule has 0 radical (unpaired) electrons. The Hall–Kier alpha value is -2.70. The van der Waals surface area contributed by atoms with Crippen molar-refractivity contribution in [1.29, 1.82) is 0 Å². The molecule has 1 saturated carbocycles. The molecule has 6 nitrogen and oxygen atoms in total. The van der Waals surface area contributed by atoms with Crippen LogP contribution in [-0.4, -0.2) is 28.9 Å². The Kier molecular flexibility index (Phi) is 7.52. The molecular formula is C20H27FN4O2. The van der Waals surface area contributed by atoms with E-state index in [9.17, 15) is 9.18 Å². The lowest BCUT2D eigenvalue weighted by Crippen LogP contribution is -2.24. The van der Waals surface area contributed by atoms with Crippen LogP contribution in [-0.2, 0) is 0 Å². The van der Waals surface area contributed by atoms with E-state index in [1.165, 1.54) is 44.7 Å². The molecule has 0 atom stereocenters. The van der Waals surface area contributed by atoms with Crippen molar-refractivity contribution in [2.45, 2.75) is 52.0 Å². The Morgan fingerprint density at radius 3 is 2.56 bits per heavy atom. The Morgan fingerprint density at radius 2 is 1.93 bits per heavy atom. The second-order valence-corrected chi connectivity index (χ2v) is 6.15. The number of ketones is 1.